The van der Waals surface area contributed by atoms with Gasteiger partial charge < -0.3 is 0 Å². The van der Waals surface area contributed by atoms with Crippen molar-refractivity contribution in [1.82, 2.24) is 9.97 Å². The van der Waals surface area contributed by atoms with E-state index in [0.29, 0.717) is 5.69 Å². The van der Waals surface area contributed by atoms with Gasteiger partial charge in [0.25, 0.3) is 0 Å². The maximum atomic E-state index is 12.8. The number of carbonyl (C=O) groups is 1. The van der Waals surface area contributed by atoms with Gasteiger partial charge in [0.2, 0.25) is 5.91 Å². The number of pyridine rings is 2. The zero-order valence-electron chi connectivity index (χ0n) is 12.3. The second kappa shape index (κ2) is 6.71. The van der Waals surface area contributed by atoms with Gasteiger partial charge >= 0.3 is 6.18 Å². The van der Waals surface area contributed by atoms with Gasteiger partial charge in [0.05, 0.1) is 12.8 Å². The highest BCUT2D eigenvalue weighted by Gasteiger charge is 2.33. The summed E-state index contributed by atoms with van der Waals surface area (Å²) in [4.78, 5) is 25.2. The summed E-state index contributed by atoms with van der Waals surface area (Å²) < 4.78 is 38.4. The number of nitrogens with two attached hydrogens (primary N) is 1. The van der Waals surface area contributed by atoms with Crippen LogP contribution in [0.15, 0.2) is 36.7 Å². The van der Waals surface area contributed by atoms with Crippen LogP contribution in [0.3, 0.4) is 0 Å². The lowest BCUT2D eigenvalue weighted by Crippen LogP contribution is -2.75. The van der Waals surface area contributed by atoms with E-state index < -0.39 is 17.8 Å². The van der Waals surface area contributed by atoms with Crippen LogP contribution in [0.25, 0.3) is 0 Å². The monoisotopic (exact) mass is 327 g/mol. The number of alkyl halides is 3. The van der Waals surface area contributed by atoms with E-state index in [1.165, 1.54) is 37.8 Å². The summed E-state index contributed by atoms with van der Waals surface area (Å²) in [7, 11) is 1.46. The number of aromatic nitrogens is 2. The van der Waals surface area contributed by atoms with Gasteiger partial charge in [-0.25, -0.2) is 9.82 Å². The van der Waals surface area contributed by atoms with E-state index in [0.717, 1.165) is 17.2 Å². The molecule has 2 aromatic rings. The van der Waals surface area contributed by atoms with Crippen LogP contribution in [-0.4, -0.2) is 23.0 Å². The second-order valence-corrected chi connectivity index (χ2v) is 4.55. The topological polar surface area (TPSA) is 71.9 Å². The molecule has 0 aliphatic rings. The summed E-state index contributed by atoms with van der Waals surface area (Å²) in [5, 5.41) is 0. The first-order chi connectivity index (χ1) is 10.8. The maximum Gasteiger partial charge on any atom is 0.433 e. The average Bonchev–Trinajstić information content (AvgIpc) is 2.47. The molecular formula is C14H14F3N4O2+. The van der Waals surface area contributed by atoms with E-state index in [4.69, 9.17) is 4.84 Å². The number of rotatable bonds is 4. The molecule has 0 aliphatic heterocycles. The van der Waals surface area contributed by atoms with E-state index >= 15 is 0 Å². The van der Waals surface area contributed by atoms with E-state index in [2.05, 4.69) is 9.97 Å². The molecule has 6 nitrogen and oxygen atoms in total. The van der Waals surface area contributed by atoms with Crippen molar-refractivity contribution in [3.8, 4) is 0 Å². The van der Waals surface area contributed by atoms with E-state index in [1.54, 1.807) is 6.07 Å². The van der Waals surface area contributed by atoms with Crippen LogP contribution in [0.4, 0.5) is 30.4 Å². The highest BCUT2D eigenvalue weighted by atomic mass is 19.4. The minimum Gasteiger partial charge on any atom is -0.274 e. The number of nitrogens with zero attached hydrogens (tertiary/aromatic N) is 3. The molecule has 0 atom stereocenters. The van der Waals surface area contributed by atoms with Crippen molar-refractivity contribution in [1.29, 1.82) is 0 Å². The Labute approximate surface area is 129 Å². The summed E-state index contributed by atoms with van der Waals surface area (Å²) in [6, 6.07) is 5.28. The van der Waals surface area contributed by atoms with Crippen LogP contribution in [0.2, 0.25) is 0 Å². The van der Waals surface area contributed by atoms with Crippen molar-refractivity contribution in [2.45, 2.75) is 13.1 Å². The second-order valence-electron chi connectivity index (χ2n) is 4.55. The Morgan fingerprint density at radius 1 is 1.22 bits per heavy atom. The molecule has 0 spiro atoms. The van der Waals surface area contributed by atoms with Crippen LogP contribution in [-0.2, 0) is 15.8 Å². The van der Waals surface area contributed by atoms with Crippen molar-refractivity contribution in [3.05, 3.63) is 42.4 Å². The first-order valence-electron chi connectivity index (χ1n) is 6.49. The molecule has 0 aliphatic carbocycles. The zero-order chi connectivity index (χ0) is 17.0. The summed E-state index contributed by atoms with van der Waals surface area (Å²) in [5.41, 5.74) is 0.994. The third-order valence-corrected chi connectivity index (χ3v) is 2.86. The molecule has 2 aromatic heterocycles. The average molecular weight is 327 g/mol. The Morgan fingerprint density at radius 3 is 2.52 bits per heavy atom. The van der Waals surface area contributed by atoms with Crippen molar-refractivity contribution in [2.24, 2.45) is 0 Å². The Hall–Kier alpha value is -2.52. The van der Waals surface area contributed by atoms with Crippen LogP contribution >= 0.6 is 0 Å². The van der Waals surface area contributed by atoms with E-state index in [1.807, 2.05) is 0 Å². The third-order valence-electron chi connectivity index (χ3n) is 2.86. The highest BCUT2D eigenvalue weighted by molar-refractivity contribution is 5.98. The van der Waals surface area contributed by atoms with Gasteiger partial charge in [-0.1, -0.05) is 0 Å². The summed E-state index contributed by atoms with van der Waals surface area (Å²) in [6.45, 7) is 1.24. The normalized spacial score (nSPS) is 11.3. The number of hydrogen-bond acceptors (Lipinski definition) is 4. The molecule has 0 saturated carbocycles. The Bertz CT molecular complexity index is 706. The quantitative estimate of drug-likeness (QED) is 0.871. The zero-order valence-corrected chi connectivity index (χ0v) is 12.3. The minimum absolute atomic E-state index is 0.0295. The van der Waals surface area contributed by atoms with Crippen LogP contribution in [0, 0.1) is 0 Å². The standard InChI is InChI=1S/C14H13F3N4O2/c1-9(22)21(13-7-10(20-23-2)3-5-19-13)11-4-6-18-12(8-11)14(15,16)17/h3-8H,1-2H3,(H,19,20)/p+1. The SMILES string of the molecule is CO[NH2+]c1ccnc(N(C(C)=O)c2ccnc(C(F)(F)F)c2)c1. The Kier molecular flexibility index (Phi) is 4.92. The van der Waals surface area contributed by atoms with Crippen molar-refractivity contribution >= 4 is 23.1 Å². The number of quaternary nitrogens is 1. The summed E-state index contributed by atoms with van der Waals surface area (Å²) in [5.74, 6) is -0.297. The molecule has 23 heavy (non-hydrogen) atoms. The fraction of sp³-hybridized carbons (Fsp3) is 0.214. The first-order valence-corrected chi connectivity index (χ1v) is 6.49. The predicted molar refractivity (Wildman–Crippen MR) is 74.9 cm³/mol. The molecule has 0 saturated heterocycles. The number of amides is 1. The highest BCUT2D eigenvalue weighted by Crippen LogP contribution is 2.32. The van der Waals surface area contributed by atoms with E-state index in [9.17, 15) is 18.0 Å². The van der Waals surface area contributed by atoms with Gasteiger partial charge in [-0.3, -0.25) is 14.7 Å². The largest absolute Gasteiger partial charge is 0.433 e. The smallest absolute Gasteiger partial charge is 0.274 e. The lowest BCUT2D eigenvalue weighted by Gasteiger charge is -2.21. The molecule has 0 radical (unpaired) electrons. The molecule has 0 fully saturated rings. The number of hydrogen-bond donors (Lipinski definition) is 1. The Balaban J connectivity index is 2.47. The fourth-order valence-electron chi connectivity index (χ4n) is 1.95. The van der Waals surface area contributed by atoms with Crippen molar-refractivity contribution in [2.75, 3.05) is 12.0 Å². The van der Waals surface area contributed by atoms with Crippen molar-refractivity contribution < 1.29 is 28.3 Å². The van der Waals surface area contributed by atoms with Crippen LogP contribution in [0.1, 0.15) is 12.6 Å². The van der Waals surface area contributed by atoms with Gasteiger partial charge in [0.15, 0.2) is 5.69 Å². The van der Waals surface area contributed by atoms with Gasteiger partial charge in [-0.05, 0) is 12.1 Å². The number of anilines is 2. The fourth-order valence-corrected chi connectivity index (χ4v) is 1.95. The van der Waals surface area contributed by atoms with Crippen LogP contribution < -0.4 is 10.4 Å². The summed E-state index contributed by atoms with van der Waals surface area (Å²) in [6.07, 6.45) is -2.17. The first kappa shape index (κ1) is 16.8. The minimum atomic E-state index is -4.60. The van der Waals surface area contributed by atoms with E-state index in [-0.39, 0.29) is 11.5 Å². The third kappa shape index (κ3) is 4.02. The number of carbonyl (C=O) groups excluding carboxylic acids is 1. The predicted octanol–water partition coefficient (Wildman–Crippen LogP) is 1.94. The lowest BCUT2D eigenvalue weighted by atomic mass is 10.2. The molecule has 0 bridgehead atoms. The van der Waals surface area contributed by atoms with Crippen LogP contribution in [0.5, 0.6) is 0 Å². The van der Waals surface area contributed by atoms with Gasteiger partial charge in [0, 0.05) is 31.5 Å². The molecule has 1 amide bonds. The molecule has 9 heteroatoms. The number of halogens is 3. The lowest BCUT2D eigenvalue weighted by molar-refractivity contribution is -0.830. The van der Waals surface area contributed by atoms with Gasteiger partial charge in [-0.2, -0.15) is 18.7 Å². The van der Waals surface area contributed by atoms with Gasteiger partial charge in [-0.15, -0.1) is 0 Å². The molecule has 0 unspecified atom stereocenters. The van der Waals surface area contributed by atoms with Crippen molar-refractivity contribution in [3.63, 3.8) is 0 Å². The molecular weight excluding hydrogens is 313 g/mol. The molecule has 0 aromatic carbocycles. The van der Waals surface area contributed by atoms with Gasteiger partial charge in [0.1, 0.15) is 11.5 Å². The summed E-state index contributed by atoms with van der Waals surface area (Å²) >= 11 is 0. The molecule has 2 N–H and O–H groups in total. The maximum absolute atomic E-state index is 12.8. The molecule has 2 rings (SSSR count). The molecule has 2 heterocycles. The molecule has 122 valence electrons. The Morgan fingerprint density at radius 2 is 1.91 bits per heavy atom.